The average Bonchev–Trinajstić information content (AvgIpc) is 2.80. The molecule has 1 aliphatic carbocycles. The van der Waals surface area contributed by atoms with Gasteiger partial charge in [-0.25, -0.2) is 0 Å². The number of aromatic nitrogens is 1. The summed E-state index contributed by atoms with van der Waals surface area (Å²) in [6.45, 7) is 0. The summed E-state index contributed by atoms with van der Waals surface area (Å²) in [5, 5.41) is 11.7. The number of non-ortho nitro benzene ring substituents is 1. The Labute approximate surface area is 121 Å². The van der Waals surface area contributed by atoms with E-state index < -0.39 is 4.92 Å². The monoisotopic (exact) mass is 285 g/mol. The normalized spacial score (nSPS) is 16.3. The lowest BCUT2D eigenvalue weighted by Gasteiger charge is -2.16. The van der Waals surface area contributed by atoms with Gasteiger partial charge in [0.05, 0.1) is 10.6 Å². The number of hydrogen-bond donors (Lipinski definition) is 1. The number of aromatic amines is 1. The number of allylic oxidation sites excluding steroid dienone is 1. The van der Waals surface area contributed by atoms with E-state index in [2.05, 4.69) is 4.98 Å². The van der Waals surface area contributed by atoms with Gasteiger partial charge in [-0.05, 0) is 24.5 Å². The van der Waals surface area contributed by atoms with E-state index in [0.29, 0.717) is 18.5 Å². The third kappa shape index (κ3) is 2.18. The number of nitro benzene ring substituents is 1. The van der Waals surface area contributed by atoms with Gasteiger partial charge in [0, 0.05) is 48.9 Å². The molecule has 6 nitrogen and oxygen atoms in total. The Bertz CT molecular complexity index is 787. The van der Waals surface area contributed by atoms with E-state index >= 15 is 0 Å². The van der Waals surface area contributed by atoms with Gasteiger partial charge in [0.25, 0.3) is 5.69 Å². The second-order valence-electron chi connectivity index (χ2n) is 5.41. The predicted octanol–water partition coefficient (Wildman–Crippen LogP) is 2.65. The van der Waals surface area contributed by atoms with Crippen molar-refractivity contribution >= 4 is 22.4 Å². The molecule has 21 heavy (non-hydrogen) atoms. The highest BCUT2D eigenvalue weighted by Crippen LogP contribution is 2.33. The van der Waals surface area contributed by atoms with Crippen molar-refractivity contribution in [3.05, 3.63) is 51.3 Å². The number of nitro groups is 1. The summed E-state index contributed by atoms with van der Waals surface area (Å²) in [5.74, 6) is -0.0243. The van der Waals surface area contributed by atoms with Gasteiger partial charge < -0.3 is 9.88 Å². The van der Waals surface area contributed by atoms with E-state index in [0.717, 1.165) is 22.0 Å². The number of carbonyl (C=O) groups excluding carboxylic acids is 1. The molecule has 3 rings (SSSR count). The maximum atomic E-state index is 12.5. The number of Topliss-reactive ketones (excluding diaryl/α,β-unsaturated/α-hetero) is 1. The van der Waals surface area contributed by atoms with Crippen LogP contribution in [0, 0.1) is 10.1 Å². The molecule has 2 aromatic rings. The van der Waals surface area contributed by atoms with Gasteiger partial charge in [0.15, 0.2) is 0 Å². The molecular formula is C15H15N3O3. The molecule has 0 fully saturated rings. The van der Waals surface area contributed by atoms with Crippen LogP contribution < -0.4 is 0 Å². The Kier molecular flexibility index (Phi) is 3.01. The van der Waals surface area contributed by atoms with Crippen molar-refractivity contribution in [2.75, 3.05) is 14.1 Å². The number of carbonyl (C=O) groups is 1. The second kappa shape index (κ2) is 4.73. The van der Waals surface area contributed by atoms with Crippen LogP contribution in [0.5, 0.6) is 0 Å². The smallest absolute Gasteiger partial charge is 0.270 e. The number of rotatable bonds is 2. The summed E-state index contributed by atoms with van der Waals surface area (Å²) in [6.07, 6.45) is 3.20. The maximum absolute atomic E-state index is 12.5. The Morgan fingerprint density at radius 2 is 2.10 bits per heavy atom. The lowest BCUT2D eigenvalue weighted by atomic mass is 9.90. The molecule has 0 spiro atoms. The van der Waals surface area contributed by atoms with Crippen LogP contribution in [0.25, 0.3) is 10.9 Å². The number of aryl methyl sites for hydroxylation is 1. The molecule has 0 saturated carbocycles. The molecule has 0 radical (unpaired) electrons. The fourth-order valence-electron chi connectivity index (χ4n) is 2.77. The van der Waals surface area contributed by atoms with E-state index in [1.807, 2.05) is 25.2 Å². The van der Waals surface area contributed by atoms with Crippen LogP contribution in [0.2, 0.25) is 0 Å². The fraction of sp³-hybridized carbons (Fsp3) is 0.267. The minimum absolute atomic E-state index is 0.0243. The Hall–Kier alpha value is -2.63. The molecule has 0 amide bonds. The molecule has 0 atom stereocenters. The van der Waals surface area contributed by atoms with E-state index in [-0.39, 0.29) is 11.5 Å². The third-order valence-electron chi connectivity index (χ3n) is 3.68. The van der Waals surface area contributed by atoms with Gasteiger partial charge in [0.2, 0.25) is 5.78 Å². The minimum atomic E-state index is -0.416. The van der Waals surface area contributed by atoms with Crippen LogP contribution in [0.4, 0.5) is 5.69 Å². The number of ketones is 1. The lowest BCUT2D eigenvalue weighted by Crippen LogP contribution is -2.16. The number of H-pyrrole nitrogens is 1. The maximum Gasteiger partial charge on any atom is 0.270 e. The van der Waals surface area contributed by atoms with Crippen molar-refractivity contribution in [3.8, 4) is 0 Å². The first-order valence-electron chi connectivity index (χ1n) is 6.68. The van der Waals surface area contributed by atoms with Crippen LogP contribution in [0.15, 0.2) is 30.0 Å². The van der Waals surface area contributed by atoms with Crippen molar-refractivity contribution < 1.29 is 9.72 Å². The lowest BCUT2D eigenvalue weighted by molar-refractivity contribution is -0.384. The van der Waals surface area contributed by atoms with Crippen molar-refractivity contribution in [1.29, 1.82) is 0 Å². The van der Waals surface area contributed by atoms with Gasteiger partial charge in [-0.2, -0.15) is 0 Å². The largest absolute Gasteiger partial charge is 0.383 e. The molecule has 1 aromatic carbocycles. The molecule has 1 N–H and O–H groups in total. The summed E-state index contributed by atoms with van der Waals surface area (Å²) in [4.78, 5) is 27.9. The highest BCUT2D eigenvalue weighted by molar-refractivity contribution is 6.13. The van der Waals surface area contributed by atoms with E-state index in [1.54, 1.807) is 12.1 Å². The van der Waals surface area contributed by atoms with Crippen LogP contribution in [0.1, 0.15) is 22.5 Å². The first kappa shape index (κ1) is 13.4. The summed E-state index contributed by atoms with van der Waals surface area (Å²) in [5.41, 5.74) is 3.02. The third-order valence-corrected chi connectivity index (χ3v) is 3.68. The van der Waals surface area contributed by atoms with Crippen LogP contribution in [-0.2, 0) is 6.42 Å². The average molecular weight is 285 g/mol. The molecule has 108 valence electrons. The van der Waals surface area contributed by atoms with Crippen molar-refractivity contribution in [3.63, 3.8) is 0 Å². The van der Waals surface area contributed by atoms with Crippen LogP contribution in [-0.4, -0.2) is 34.7 Å². The molecule has 6 heteroatoms. The summed E-state index contributed by atoms with van der Waals surface area (Å²) in [7, 11) is 3.76. The van der Waals surface area contributed by atoms with Crippen LogP contribution >= 0.6 is 0 Å². The Morgan fingerprint density at radius 1 is 1.33 bits per heavy atom. The number of benzene rings is 1. The summed E-state index contributed by atoms with van der Waals surface area (Å²) in [6, 6.07) is 4.65. The predicted molar refractivity (Wildman–Crippen MR) is 79.4 cm³/mol. The van der Waals surface area contributed by atoms with Gasteiger partial charge in [-0.15, -0.1) is 0 Å². The van der Waals surface area contributed by atoms with Crippen molar-refractivity contribution in [2.45, 2.75) is 12.8 Å². The highest BCUT2D eigenvalue weighted by Gasteiger charge is 2.26. The van der Waals surface area contributed by atoms with Gasteiger partial charge in [-0.3, -0.25) is 14.9 Å². The SMILES string of the molecule is CN(C)/C=C1\CCc2c([nH]c3ccc([N+](=O)[O-])cc23)C1=O. The van der Waals surface area contributed by atoms with Gasteiger partial charge in [-0.1, -0.05) is 0 Å². The highest BCUT2D eigenvalue weighted by atomic mass is 16.6. The fourth-order valence-corrected chi connectivity index (χ4v) is 2.77. The molecule has 1 aromatic heterocycles. The minimum Gasteiger partial charge on any atom is -0.383 e. The van der Waals surface area contributed by atoms with Gasteiger partial charge in [0.1, 0.15) is 0 Å². The second-order valence-corrected chi connectivity index (χ2v) is 5.41. The van der Waals surface area contributed by atoms with Gasteiger partial charge >= 0.3 is 0 Å². The Balaban J connectivity index is 2.14. The number of fused-ring (bicyclic) bond motifs is 3. The first-order chi connectivity index (χ1) is 9.97. The standard InChI is InChI=1S/C15H15N3O3/c1-17(2)8-9-3-5-11-12-7-10(18(20)21)4-6-13(12)16-14(11)15(9)19/h4,6-8,16H,3,5H2,1-2H3/b9-8+. The topological polar surface area (TPSA) is 79.2 Å². The molecule has 1 aliphatic rings. The quantitative estimate of drug-likeness (QED) is 0.522. The molecule has 1 heterocycles. The number of nitrogens with one attached hydrogen (secondary N) is 1. The number of hydrogen-bond acceptors (Lipinski definition) is 4. The van der Waals surface area contributed by atoms with E-state index in [4.69, 9.17) is 0 Å². The van der Waals surface area contributed by atoms with E-state index in [9.17, 15) is 14.9 Å². The number of nitrogens with zero attached hydrogens (tertiary/aromatic N) is 2. The molecule has 0 bridgehead atoms. The molecular weight excluding hydrogens is 270 g/mol. The zero-order valence-corrected chi connectivity index (χ0v) is 11.8. The molecule has 0 saturated heterocycles. The molecule has 0 unspecified atom stereocenters. The van der Waals surface area contributed by atoms with E-state index in [1.165, 1.54) is 6.07 Å². The Morgan fingerprint density at radius 3 is 2.76 bits per heavy atom. The first-order valence-corrected chi connectivity index (χ1v) is 6.68. The summed E-state index contributed by atoms with van der Waals surface area (Å²) >= 11 is 0. The van der Waals surface area contributed by atoms with Crippen molar-refractivity contribution in [1.82, 2.24) is 9.88 Å². The zero-order chi connectivity index (χ0) is 15.1. The molecule has 0 aliphatic heterocycles. The zero-order valence-electron chi connectivity index (χ0n) is 11.8. The summed E-state index contributed by atoms with van der Waals surface area (Å²) < 4.78 is 0. The van der Waals surface area contributed by atoms with Crippen LogP contribution in [0.3, 0.4) is 0 Å². The van der Waals surface area contributed by atoms with Crippen molar-refractivity contribution in [2.24, 2.45) is 0 Å².